The molecule has 0 heterocycles. The summed E-state index contributed by atoms with van der Waals surface area (Å²) in [6.07, 6.45) is 3.10. The van der Waals surface area contributed by atoms with Crippen LogP contribution in [0, 0.1) is 23.1 Å². The molecule has 0 radical (unpaired) electrons. The van der Waals surface area contributed by atoms with Gasteiger partial charge in [0.25, 0.3) is 0 Å². The fourth-order valence-electron chi connectivity index (χ4n) is 1.13. The van der Waals surface area contributed by atoms with Crippen molar-refractivity contribution in [2.45, 2.75) is 0 Å². The lowest BCUT2D eigenvalue weighted by Crippen LogP contribution is -2.13. The third kappa shape index (κ3) is 2.95. The van der Waals surface area contributed by atoms with Crippen molar-refractivity contribution in [3.8, 4) is 6.19 Å². The Morgan fingerprint density at radius 1 is 1.50 bits per heavy atom. The highest BCUT2D eigenvalue weighted by Crippen LogP contribution is 2.26. The van der Waals surface area contributed by atoms with E-state index in [0.29, 0.717) is 6.07 Å². The molecule has 1 aromatic carbocycles. The summed E-state index contributed by atoms with van der Waals surface area (Å²) in [6, 6.07) is 1.47. The van der Waals surface area contributed by atoms with Gasteiger partial charge in [0.15, 0.2) is 11.4 Å². The number of carboxylic acids is 1. The Morgan fingerprint density at radius 2 is 2.11 bits per heavy atom. The van der Waals surface area contributed by atoms with E-state index in [1.807, 2.05) is 0 Å². The Labute approximate surface area is 105 Å². The highest BCUT2D eigenvalue weighted by atomic mass is 32.2. The lowest BCUT2D eigenvalue weighted by atomic mass is 10.1. The molecule has 0 saturated heterocycles. The second kappa shape index (κ2) is 5.97. The van der Waals surface area contributed by atoms with Crippen LogP contribution in [-0.2, 0) is 0 Å². The summed E-state index contributed by atoms with van der Waals surface area (Å²) in [5.41, 5.74) is -1.53. The van der Waals surface area contributed by atoms with E-state index >= 15 is 0 Å². The molecule has 0 amide bonds. The minimum absolute atomic E-state index is 0.0375. The number of nitriles is 1. The zero-order chi connectivity index (χ0) is 13.7. The molecule has 0 aromatic heterocycles. The maximum absolute atomic E-state index is 13.5. The quantitative estimate of drug-likeness (QED) is 0.372. The van der Waals surface area contributed by atoms with Crippen LogP contribution in [0.3, 0.4) is 0 Å². The van der Waals surface area contributed by atoms with E-state index in [-0.39, 0.29) is 5.17 Å². The van der Waals surface area contributed by atoms with Gasteiger partial charge in [0.1, 0.15) is 22.9 Å². The van der Waals surface area contributed by atoms with Crippen LogP contribution in [0.1, 0.15) is 10.4 Å². The van der Waals surface area contributed by atoms with Crippen molar-refractivity contribution < 1.29 is 18.7 Å². The van der Waals surface area contributed by atoms with Crippen molar-refractivity contribution >= 4 is 28.6 Å². The van der Waals surface area contributed by atoms with Gasteiger partial charge >= 0.3 is 5.97 Å². The second-order valence-corrected chi connectivity index (χ2v) is 3.71. The van der Waals surface area contributed by atoms with Gasteiger partial charge in [0, 0.05) is 0 Å². The molecular formula is C10H7F2N3O2S. The van der Waals surface area contributed by atoms with Crippen molar-refractivity contribution in [3.63, 3.8) is 0 Å². The molecule has 0 atom stereocenters. The van der Waals surface area contributed by atoms with Crippen LogP contribution in [0.4, 0.5) is 14.5 Å². The molecule has 0 fully saturated rings. The Hall–Kier alpha value is -2.14. The summed E-state index contributed by atoms with van der Waals surface area (Å²) in [6.45, 7) is 0. The summed E-state index contributed by atoms with van der Waals surface area (Å²) >= 11 is 0.959. The first-order chi connectivity index (χ1) is 8.51. The number of carboxylic acid groups (broad SMARTS) is 1. The first-order valence-corrected chi connectivity index (χ1v) is 5.72. The number of amidine groups is 1. The second-order valence-electron chi connectivity index (χ2n) is 2.92. The third-order valence-corrected chi connectivity index (χ3v) is 2.44. The largest absolute Gasteiger partial charge is 0.478 e. The SMILES string of the molecule is CSC(=Nc1c(F)ccc(F)c1C(=O)O)NC#N. The van der Waals surface area contributed by atoms with Crippen molar-refractivity contribution in [1.82, 2.24) is 5.32 Å². The van der Waals surface area contributed by atoms with Gasteiger partial charge in [0.2, 0.25) is 0 Å². The molecule has 0 saturated carbocycles. The van der Waals surface area contributed by atoms with E-state index in [9.17, 15) is 13.6 Å². The first kappa shape index (κ1) is 13.9. The summed E-state index contributed by atoms with van der Waals surface area (Å²) < 4.78 is 26.8. The van der Waals surface area contributed by atoms with Crippen LogP contribution in [0.2, 0.25) is 0 Å². The number of benzene rings is 1. The number of nitrogens with zero attached hydrogens (tertiary/aromatic N) is 2. The van der Waals surface area contributed by atoms with Crippen molar-refractivity contribution in [2.75, 3.05) is 6.26 Å². The monoisotopic (exact) mass is 271 g/mol. The molecule has 0 aliphatic heterocycles. The molecule has 0 spiro atoms. The Bertz CT molecular complexity index is 555. The third-order valence-electron chi connectivity index (χ3n) is 1.86. The zero-order valence-electron chi connectivity index (χ0n) is 9.07. The maximum Gasteiger partial charge on any atom is 0.341 e. The van der Waals surface area contributed by atoms with E-state index in [2.05, 4.69) is 10.3 Å². The van der Waals surface area contributed by atoms with Crippen molar-refractivity contribution in [1.29, 1.82) is 5.26 Å². The molecule has 0 aliphatic rings. The van der Waals surface area contributed by atoms with Gasteiger partial charge in [-0.05, 0) is 18.4 Å². The van der Waals surface area contributed by atoms with Gasteiger partial charge in [0.05, 0.1) is 0 Å². The normalized spacial score (nSPS) is 10.9. The van der Waals surface area contributed by atoms with Gasteiger partial charge < -0.3 is 5.11 Å². The molecule has 94 valence electrons. The number of rotatable bonds is 2. The molecule has 0 aliphatic carbocycles. The summed E-state index contributed by atoms with van der Waals surface area (Å²) in [5.74, 6) is -3.72. The fraction of sp³-hybridized carbons (Fsp3) is 0.100. The molecule has 5 nitrogen and oxygen atoms in total. The average Bonchev–Trinajstić information content (AvgIpc) is 2.32. The van der Waals surface area contributed by atoms with Gasteiger partial charge in [-0.25, -0.2) is 18.6 Å². The van der Waals surface area contributed by atoms with Gasteiger partial charge in [-0.2, -0.15) is 5.26 Å². The molecular weight excluding hydrogens is 264 g/mol. The number of hydrogen-bond donors (Lipinski definition) is 2. The van der Waals surface area contributed by atoms with E-state index in [1.54, 1.807) is 12.4 Å². The highest BCUT2D eigenvalue weighted by molar-refractivity contribution is 8.13. The number of aromatic carboxylic acids is 1. The average molecular weight is 271 g/mol. The van der Waals surface area contributed by atoms with Crippen molar-refractivity contribution in [3.05, 3.63) is 29.3 Å². The van der Waals surface area contributed by atoms with Crippen LogP contribution >= 0.6 is 11.8 Å². The number of nitrogens with one attached hydrogen (secondary N) is 1. The molecule has 1 aromatic rings. The predicted octanol–water partition coefficient (Wildman–Crippen LogP) is 2.08. The van der Waals surface area contributed by atoms with Crippen LogP contribution in [0.25, 0.3) is 0 Å². The Kier molecular flexibility index (Phi) is 4.62. The predicted molar refractivity (Wildman–Crippen MR) is 62.7 cm³/mol. The lowest BCUT2D eigenvalue weighted by Gasteiger charge is -2.05. The highest BCUT2D eigenvalue weighted by Gasteiger charge is 2.20. The summed E-state index contributed by atoms with van der Waals surface area (Å²) in [4.78, 5) is 14.5. The Balaban J connectivity index is 3.44. The summed E-state index contributed by atoms with van der Waals surface area (Å²) in [7, 11) is 0. The molecule has 0 bridgehead atoms. The smallest absolute Gasteiger partial charge is 0.341 e. The van der Waals surface area contributed by atoms with Gasteiger partial charge in [-0.3, -0.25) is 5.32 Å². The van der Waals surface area contributed by atoms with Crippen LogP contribution in [-0.4, -0.2) is 22.5 Å². The minimum Gasteiger partial charge on any atom is -0.478 e. The number of aliphatic imine (C=N–C) groups is 1. The maximum atomic E-state index is 13.5. The summed E-state index contributed by atoms with van der Waals surface area (Å²) in [5, 5.41) is 19.3. The minimum atomic E-state index is -1.64. The van der Waals surface area contributed by atoms with E-state index in [1.165, 1.54) is 0 Å². The zero-order valence-corrected chi connectivity index (χ0v) is 9.89. The fourth-order valence-corrected chi connectivity index (χ4v) is 1.46. The van der Waals surface area contributed by atoms with Gasteiger partial charge in [-0.15, -0.1) is 0 Å². The van der Waals surface area contributed by atoms with Gasteiger partial charge in [-0.1, -0.05) is 11.8 Å². The first-order valence-electron chi connectivity index (χ1n) is 4.50. The van der Waals surface area contributed by atoms with E-state index in [4.69, 9.17) is 10.4 Å². The molecule has 2 N–H and O–H groups in total. The Morgan fingerprint density at radius 3 is 2.61 bits per heavy atom. The van der Waals surface area contributed by atoms with E-state index in [0.717, 1.165) is 17.8 Å². The topological polar surface area (TPSA) is 85.5 Å². The lowest BCUT2D eigenvalue weighted by molar-refractivity contribution is 0.0692. The van der Waals surface area contributed by atoms with Crippen molar-refractivity contribution in [2.24, 2.45) is 4.99 Å². The number of thioether (sulfide) groups is 1. The van der Waals surface area contributed by atoms with Crippen LogP contribution in [0.5, 0.6) is 0 Å². The molecule has 8 heteroatoms. The van der Waals surface area contributed by atoms with Crippen LogP contribution in [0.15, 0.2) is 17.1 Å². The molecule has 1 rings (SSSR count). The standard InChI is InChI=1S/C10H7F2N3O2S/c1-18-10(14-4-13)15-8-6(12)3-2-5(11)7(8)9(16)17/h2-3H,1H3,(H,14,15)(H,16,17). The number of halogens is 2. The molecule has 0 unspecified atom stereocenters. The number of carbonyl (C=O) groups is 1. The van der Waals surface area contributed by atoms with E-state index < -0.39 is 28.9 Å². The molecule has 18 heavy (non-hydrogen) atoms. The number of hydrogen-bond acceptors (Lipinski definition) is 4. The van der Waals surface area contributed by atoms with Crippen LogP contribution < -0.4 is 5.32 Å².